The van der Waals surface area contributed by atoms with Crippen LogP contribution < -0.4 is 0 Å². The molecule has 0 aliphatic rings. The van der Waals surface area contributed by atoms with E-state index in [1.807, 2.05) is 13.8 Å². The number of aryl methyl sites for hydroxylation is 3. The predicted molar refractivity (Wildman–Crippen MR) is 77.8 cm³/mol. The van der Waals surface area contributed by atoms with E-state index in [-0.39, 0.29) is 18.0 Å². The summed E-state index contributed by atoms with van der Waals surface area (Å²) >= 11 is 1.47. The average Bonchev–Trinajstić information content (AvgIpc) is 2.91. The number of furan rings is 1. The fourth-order valence-corrected chi connectivity index (χ4v) is 2.86. The minimum Gasteiger partial charge on any atom is -0.478 e. The van der Waals surface area contributed by atoms with Crippen LogP contribution in [0.2, 0.25) is 0 Å². The molecule has 2 aromatic heterocycles. The lowest BCUT2D eigenvalue weighted by molar-refractivity contribution is 0.0694. The van der Waals surface area contributed by atoms with Gasteiger partial charge in [-0.25, -0.2) is 9.78 Å². The summed E-state index contributed by atoms with van der Waals surface area (Å²) in [6.07, 6.45) is 0. The Bertz CT molecular complexity index is 702. The Morgan fingerprint density at radius 3 is 2.52 bits per heavy atom. The van der Waals surface area contributed by atoms with Crippen molar-refractivity contribution in [3.05, 3.63) is 38.7 Å². The summed E-state index contributed by atoms with van der Waals surface area (Å²) in [6.45, 7) is 5.49. The van der Waals surface area contributed by atoms with Gasteiger partial charge in [-0.3, -0.25) is 4.79 Å². The van der Waals surface area contributed by atoms with Gasteiger partial charge in [-0.05, 0) is 26.8 Å². The van der Waals surface area contributed by atoms with Crippen molar-refractivity contribution in [2.75, 3.05) is 7.05 Å². The second-order valence-electron chi connectivity index (χ2n) is 4.79. The van der Waals surface area contributed by atoms with Crippen LogP contribution in [0, 0.1) is 20.8 Å². The molecule has 0 aromatic carbocycles. The van der Waals surface area contributed by atoms with Crippen molar-refractivity contribution < 1.29 is 19.1 Å². The highest BCUT2D eigenvalue weighted by Gasteiger charge is 2.21. The number of carbonyl (C=O) groups excluding carboxylic acids is 1. The van der Waals surface area contributed by atoms with Gasteiger partial charge in [0.05, 0.1) is 11.6 Å². The van der Waals surface area contributed by atoms with E-state index in [1.165, 1.54) is 22.3 Å². The van der Waals surface area contributed by atoms with Crippen molar-refractivity contribution in [3.63, 3.8) is 0 Å². The molecular formula is C14H16N2O4S. The van der Waals surface area contributed by atoms with Crippen LogP contribution in [0.1, 0.15) is 42.3 Å². The number of nitrogens with zero attached hydrogens (tertiary/aromatic N) is 2. The summed E-state index contributed by atoms with van der Waals surface area (Å²) in [4.78, 5) is 29.9. The first-order valence-electron chi connectivity index (χ1n) is 6.31. The van der Waals surface area contributed by atoms with Crippen LogP contribution in [-0.4, -0.2) is 33.9 Å². The predicted octanol–water partition coefficient (Wildman–Crippen LogP) is 2.63. The molecule has 0 aliphatic carbocycles. The first-order valence-corrected chi connectivity index (χ1v) is 7.13. The second-order valence-corrected chi connectivity index (χ2v) is 6.19. The summed E-state index contributed by atoms with van der Waals surface area (Å²) in [5, 5.41) is 9.83. The first-order chi connectivity index (χ1) is 9.79. The maximum absolute atomic E-state index is 12.3. The van der Waals surface area contributed by atoms with Crippen LogP contribution in [0.25, 0.3) is 0 Å². The zero-order chi connectivity index (χ0) is 15.7. The third-order valence-electron chi connectivity index (χ3n) is 3.05. The number of rotatable bonds is 4. The molecule has 2 aromatic rings. The third-order valence-corrected chi connectivity index (χ3v) is 3.93. The highest BCUT2D eigenvalue weighted by atomic mass is 32.1. The van der Waals surface area contributed by atoms with Gasteiger partial charge in [-0.2, -0.15) is 0 Å². The normalized spacial score (nSPS) is 10.7. The summed E-state index contributed by atoms with van der Waals surface area (Å²) < 4.78 is 5.38. The van der Waals surface area contributed by atoms with Crippen molar-refractivity contribution in [1.82, 2.24) is 9.88 Å². The number of carboxylic acids is 1. The molecule has 21 heavy (non-hydrogen) atoms. The van der Waals surface area contributed by atoms with E-state index >= 15 is 0 Å². The molecule has 0 atom stereocenters. The average molecular weight is 308 g/mol. The molecule has 1 N–H and O–H groups in total. The van der Waals surface area contributed by atoms with Crippen molar-refractivity contribution >= 4 is 23.2 Å². The van der Waals surface area contributed by atoms with Crippen molar-refractivity contribution in [2.45, 2.75) is 27.3 Å². The van der Waals surface area contributed by atoms with Crippen LogP contribution in [0.4, 0.5) is 0 Å². The number of carbonyl (C=O) groups is 2. The van der Waals surface area contributed by atoms with E-state index in [0.29, 0.717) is 17.2 Å². The van der Waals surface area contributed by atoms with Gasteiger partial charge in [-0.15, -0.1) is 11.3 Å². The molecule has 0 aliphatic heterocycles. The molecule has 6 nitrogen and oxygen atoms in total. The van der Waals surface area contributed by atoms with E-state index in [9.17, 15) is 9.59 Å². The molecule has 0 saturated carbocycles. The molecule has 0 radical (unpaired) electrons. The monoisotopic (exact) mass is 308 g/mol. The number of hydrogen-bond acceptors (Lipinski definition) is 5. The number of hydrogen-bond donors (Lipinski definition) is 1. The third kappa shape index (κ3) is 3.13. The first kappa shape index (κ1) is 15.2. The van der Waals surface area contributed by atoms with E-state index in [1.54, 1.807) is 14.0 Å². The van der Waals surface area contributed by atoms with Gasteiger partial charge in [0, 0.05) is 11.9 Å². The van der Waals surface area contributed by atoms with Crippen LogP contribution in [-0.2, 0) is 6.54 Å². The lowest BCUT2D eigenvalue weighted by atomic mass is 10.2. The van der Waals surface area contributed by atoms with Crippen molar-refractivity contribution in [1.29, 1.82) is 0 Å². The lowest BCUT2D eigenvalue weighted by Gasteiger charge is -2.14. The van der Waals surface area contributed by atoms with Gasteiger partial charge in [0.15, 0.2) is 0 Å². The van der Waals surface area contributed by atoms with Crippen molar-refractivity contribution in [2.24, 2.45) is 0 Å². The topological polar surface area (TPSA) is 83.6 Å². The Hall–Kier alpha value is -2.15. The molecule has 2 heterocycles. The van der Waals surface area contributed by atoms with Gasteiger partial charge in [0.2, 0.25) is 0 Å². The van der Waals surface area contributed by atoms with Crippen LogP contribution in [0.15, 0.2) is 10.5 Å². The fourth-order valence-electron chi connectivity index (χ4n) is 2.05. The Morgan fingerprint density at radius 2 is 2.05 bits per heavy atom. The zero-order valence-corrected chi connectivity index (χ0v) is 13.1. The molecular weight excluding hydrogens is 292 g/mol. The molecule has 0 fully saturated rings. The van der Waals surface area contributed by atoms with Crippen LogP contribution in [0.3, 0.4) is 0 Å². The highest BCUT2D eigenvalue weighted by molar-refractivity contribution is 7.11. The van der Waals surface area contributed by atoms with Gasteiger partial charge < -0.3 is 14.4 Å². The summed E-state index contributed by atoms with van der Waals surface area (Å²) in [5.41, 5.74) is 0.549. The quantitative estimate of drug-likeness (QED) is 0.938. The van der Waals surface area contributed by atoms with Gasteiger partial charge in [0.25, 0.3) is 5.91 Å². The number of carboxylic acid groups (broad SMARTS) is 1. The molecule has 0 unspecified atom stereocenters. The van der Waals surface area contributed by atoms with Gasteiger partial charge in [-0.1, -0.05) is 0 Å². The maximum atomic E-state index is 12.3. The lowest BCUT2D eigenvalue weighted by Crippen LogP contribution is -2.26. The Morgan fingerprint density at radius 1 is 1.38 bits per heavy atom. The molecule has 1 amide bonds. The summed E-state index contributed by atoms with van der Waals surface area (Å²) in [7, 11) is 1.63. The number of aromatic nitrogens is 1. The van der Waals surface area contributed by atoms with E-state index in [0.717, 1.165) is 9.88 Å². The molecule has 0 spiro atoms. The molecule has 112 valence electrons. The van der Waals surface area contributed by atoms with Crippen LogP contribution >= 0.6 is 11.3 Å². The minimum atomic E-state index is -1.04. The molecule has 7 heteroatoms. The zero-order valence-electron chi connectivity index (χ0n) is 12.3. The summed E-state index contributed by atoms with van der Waals surface area (Å²) in [6, 6.07) is 1.45. The Kier molecular flexibility index (Phi) is 4.13. The number of amides is 1. The van der Waals surface area contributed by atoms with Crippen LogP contribution in [0.5, 0.6) is 0 Å². The largest absolute Gasteiger partial charge is 0.478 e. The minimum absolute atomic E-state index is 0.117. The molecule has 0 saturated heterocycles. The number of aromatic carboxylic acids is 1. The maximum Gasteiger partial charge on any atom is 0.339 e. The van der Waals surface area contributed by atoms with Gasteiger partial charge >= 0.3 is 5.97 Å². The van der Waals surface area contributed by atoms with E-state index in [2.05, 4.69) is 4.98 Å². The summed E-state index contributed by atoms with van der Waals surface area (Å²) in [5.74, 6) is -0.477. The van der Waals surface area contributed by atoms with Crippen molar-refractivity contribution in [3.8, 4) is 0 Å². The Balaban J connectivity index is 2.16. The molecule has 2 rings (SSSR count). The standard InChI is InChI=1S/C14H16N2O4S/c1-7-11(14(18)19)5-10(20-7)6-16(4)13(17)12-8(2)21-9(3)15-12/h5H,6H2,1-4H3,(H,18,19). The number of thiazole rings is 1. The fraction of sp³-hybridized carbons (Fsp3) is 0.357. The van der Waals surface area contributed by atoms with E-state index in [4.69, 9.17) is 9.52 Å². The highest BCUT2D eigenvalue weighted by Crippen LogP contribution is 2.20. The second kappa shape index (κ2) is 5.69. The molecule has 0 bridgehead atoms. The SMILES string of the molecule is Cc1nc(C(=O)N(C)Cc2cc(C(=O)O)c(C)o2)c(C)s1. The van der Waals surface area contributed by atoms with E-state index < -0.39 is 5.97 Å². The Labute approximate surface area is 126 Å². The smallest absolute Gasteiger partial charge is 0.339 e. The van der Waals surface area contributed by atoms with Gasteiger partial charge in [0.1, 0.15) is 22.8 Å².